The van der Waals surface area contributed by atoms with Crippen LogP contribution in [0.4, 0.5) is 16.4 Å². The lowest BCUT2D eigenvalue weighted by Gasteiger charge is -2.12. The molecule has 1 aromatic heterocycles. The summed E-state index contributed by atoms with van der Waals surface area (Å²) >= 11 is 6.25. The van der Waals surface area contributed by atoms with Crippen LogP contribution in [0.1, 0.15) is 31.2 Å². The van der Waals surface area contributed by atoms with Gasteiger partial charge >= 0.3 is 11.9 Å². The largest absolute Gasteiger partial charge is 0.465 e. The van der Waals surface area contributed by atoms with Gasteiger partial charge in [-0.3, -0.25) is 10.1 Å². The van der Waals surface area contributed by atoms with Gasteiger partial charge in [0.15, 0.2) is 5.11 Å². The summed E-state index contributed by atoms with van der Waals surface area (Å²) in [6.07, 6.45) is 0. The average Bonchev–Trinajstić information content (AvgIpc) is 2.97. The number of rotatable bonds is 5. The number of thiocarbonyl (C=S) groups is 1. The van der Waals surface area contributed by atoms with Gasteiger partial charge in [0.1, 0.15) is 9.88 Å². The van der Waals surface area contributed by atoms with Crippen LogP contribution in [0.2, 0.25) is 0 Å². The molecule has 2 rings (SSSR count). The number of ether oxygens (including phenoxy) is 2. The molecule has 0 saturated heterocycles. The van der Waals surface area contributed by atoms with Crippen molar-refractivity contribution in [2.24, 2.45) is 0 Å². The second-order valence-corrected chi connectivity index (χ2v) is 7.01. The molecule has 0 aliphatic heterocycles. The highest BCUT2D eigenvalue weighted by atomic mass is 32.1. The maximum Gasteiger partial charge on any atom is 0.348 e. The molecule has 2 aromatic rings. The Morgan fingerprint density at radius 3 is 2.36 bits per heavy atom. The van der Waals surface area contributed by atoms with Crippen LogP contribution in [0.5, 0.6) is 0 Å². The molecule has 0 aliphatic carbocycles. The highest BCUT2D eigenvalue weighted by molar-refractivity contribution is 7.80. The fourth-order valence-electron chi connectivity index (χ4n) is 2.35. The van der Waals surface area contributed by atoms with E-state index in [1.54, 1.807) is 19.9 Å². The number of nitro benzene ring substituents is 1. The van der Waals surface area contributed by atoms with Gasteiger partial charge < -0.3 is 20.1 Å². The lowest BCUT2D eigenvalue weighted by Crippen LogP contribution is -2.20. The lowest BCUT2D eigenvalue weighted by molar-refractivity contribution is -0.384. The first kappa shape index (κ1) is 21.3. The van der Waals surface area contributed by atoms with E-state index in [1.165, 1.54) is 26.4 Å². The molecule has 11 heteroatoms. The minimum absolute atomic E-state index is 0.0893. The number of non-ortho nitro benzene ring substituents is 1. The second kappa shape index (κ2) is 8.76. The molecule has 0 atom stereocenters. The highest BCUT2D eigenvalue weighted by Crippen LogP contribution is 2.34. The van der Waals surface area contributed by atoms with E-state index in [0.717, 1.165) is 16.9 Å². The first-order valence-electron chi connectivity index (χ1n) is 7.82. The number of esters is 2. The number of methoxy groups -OCH3 is 2. The molecule has 0 aliphatic rings. The Balaban J connectivity index is 2.33. The van der Waals surface area contributed by atoms with Crippen LogP contribution in [0, 0.1) is 24.0 Å². The monoisotopic (exact) mass is 423 g/mol. The normalized spacial score (nSPS) is 10.1. The summed E-state index contributed by atoms with van der Waals surface area (Å²) < 4.78 is 9.51. The molecule has 2 N–H and O–H groups in total. The topological polar surface area (TPSA) is 120 Å². The average molecular weight is 423 g/mol. The first-order chi connectivity index (χ1) is 13.2. The van der Waals surface area contributed by atoms with Gasteiger partial charge in [-0.15, -0.1) is 11.3 Å². The highest BCUT2D eigenvalue weighted by Gasteiger charge is 2.26. The fourth-order valence-corrected chi connectivity index (χ4v) is 3.75. The van der Waals surface area contributed by atoms with Crippen LogP contribution in [0.15, 0.2) is 18.2 Å². The van der Waals surface area contributed by atoms with Crippen LogP contribution in [-0.2, 0) is 9.47 Å². The number of carbonyl (C=O) groups is 2. The maximum atomic E-state index is 12.1. The van der Waals surface area contributed by atoms with Crippen molar-refractivity contribution >= 4 is 57.0 Å². The number of hydrogen-bond donors (Lipinski definition) is 2. The van der Waals surface area contributed by atoms with Crippen molar-refractivity contribution in [1.82, 2.24) is 0 Å². The Morgan fingerprint density at radius 1 is 1.14 bits per heavy atom. The second-order valence-electron chi connectivity index (χ2n) is 5.58. The van der Waals surface area contributed by atoms with Crippen LogP contribution < -0.4 is 10.6 Å². The van der Waals surface area contributed by atoms with Gasteiger partial charge in [-0.2, -0.15) is 0 Å². The number of anilines is 2. The van der Waals surface area contributed by atoms with Crippen LogP contribution >= 0.6 is 23.6 Å². The van der Waals surface area contributed by atoms with Gasteiger partial charge in [-0.05, 0) is 37.2 Å². The molecule has 0 amide bonds. The molecule has 0 saturated carbocycles. The van der Waals surface area contributed by atoms with Crippen molar-refractivity contribution in [1.29, 1.82) is 0 Å². The van der Waals surface area contributed by atoms with Crippen LogP contribution in [0.25, 0.3) is 0 Å². The third-order valence-electron chi connectivity index (χ3n) is 3.81. The number of nitrogens with one attached hydrogen (secondary N) is 2. The Morgan fingerprint density at radius 2 is 1.79 bits per heavy atom. The summed E-state index contributed by atoms with van der Waals surface area (Å²) in [6.45, 7) is 3.36. The third kappa shape index (κ3) is 4.43. The number of nitro groups is 1. The Bertz CT molecular complexity index is 970. The number of carbonyl (C=O) groups excluding carboxylic acids is 2. The summed E-state index contributed by atoms with van der Waals surface area (Å²) in [5, 5.41) is 17.1. The van der Waals surface area contributed by atoms with Crippen molar-refractivity contribution in [3.05, 3.63) is 49.9 Å². The molecular weight excluding hydrogens is 406 g/mol. The van der Waals surface area contributed by atoms with Gasteiger partial charge in [-0.25, -0.2) is 9.59 Å². The zero-order valence-corrected chi connectivity index (χ0v) is 17.1. The first-order valence-corrected chi connectivity index (χ1v) is 9.05. The molecule has 148 valence electrons. The van der Waals surface area contributed by atoms with E-state index in [0.29, 0.717) is 16.3 Å². The number of nitrogens with zero attached hydrogens (tertiary/aromatic N) is 1. The zero-order chi connectivity index (χ0) is 21.0. The Hall–Kier alpha value is -3.05. The smallest absolute Gasteiger partial charge is 0.348 e. The molecule has 0 bridgehead atoms. The van der Waals surface area contributed by atoms with Gasteiger partial charge in [0.2, 0.25) is 0 Å². The minimum Gasteiger partial charge on any atom is -0.465 e. The Labute approximate surface area is 169 Å². The SMILES string of the molecule is COC(=O)c1sc(NC(=S)Nc2cc([N+](=O)[O-])ccc2C)c(C(=O)OC)c1C. The van der Waals surface area contributed by atoms with Crippen molar-refractivity contribution < 1.29 is 24.0 Å². The number of benzene rings is 1. The van der Waals surface area contributed by atoms with E-state index in [1.807, 2.05) is 0 Å². The van der Waals surface area contributed by atoms with E-state index in [4.69, 9.17) is 21.7 Å². The Kier molecular flexibility index (Phi) is 6.65. The van der Waals surface area contributed by atoms with E-state index >= 15 is 0 Å². The lowest BCUT2D eigenvalue weighted by atomic mass is 10.1. The number of aryl methyl sites for hydroxylation is 1. The number of thiophene rings is 1. The minimum atomic E-state index is -0.638. The van der Waals surface area contributed by atoms with Gasteiger partial charge in [0, 0.05) is 17.8 Å². The van der Waals surface area contributed by atoms with Crippen molar-refractivity contribution in [3.63, 3.8) is 0 Å². The van der Waals surface area contributed by atoms with Gasteiger partial charge in [0.25, 0.3) is 5.69 Å². The summed E-state index contributed by atoms with van der Waals surface area (Å²) in [5.41, 5.74) is 1.65. The predicted octanol–water partition coefficient (Wildman–Crippen LogP) is 3.66. The summed E-state index contributed by atoms with van der Waals surface area (Å²) in [5.74, 6) is -1.23. The molecule has 0 unspecified atom stereocenters. The molecule has 1 heterocycles. The quantitative estimate of drug-likeness (QED) is 0.321. The summed E-state index contributed by atoms with van der Waals surface area (Å²) in [7, 11) is 2.47. The fraction of sp³-hybridized carbons (Fsp3) is 0.235. The molecule has 1 aromatic carbocycles. The molecular formula is C17H17N3O6S2. The summed E-state index contributed by atoms with van der Waals surface area (Å²) in [4.78, 5) is 34.8. The third-order valence-corrected chi connectivity index (χ3v) is 5.21. The van der Waals surface area contributed by atoms with Gasteiger partial charge in [-0.1, -0.05) is 6.07 Å². The van der Waals surface area contributed by atoms with Crippen LogP contribution in [0.3, 0.4) is 0 Å². The van der Waals surface area contributed by atoms with E-state index < -0.39 is 16.9 Å². The molecule has 0 fully saturated rings. The maximum absolute atomic E-state index is 12.1. The van der Waals surface area contributed by atoms with Crippen LogP contribution in [-0.4, -0.2) is 36.2 Å². The zero-order valence-electron chi connectivity index (χ0n) is 15.4. The van der Waals surface area contributed by atoms with Crippen molar-refractivity contribution in [3.8, 4) is 0 Å². The van der Waals surface area contributed by atoms with E-state index in [-0.39, 0.29) is 21.2 Å². The van der Waals surface area contributed by atoms with E-state index in [9.17, 15) is 19.7 Å². The molecule has 28 heavy (non-hydrogen) atoms. The van der Waals surface area contributed by atoms with Gasteiger partial charge in [0.05, 0.1) is 24.7 Å². The molecule has 0 radical (unpaired) electrons. The standard InChI is InChI=1S/C17H17N3O6S2/c1-8-5-6-10(20(23)24)7-11(8)18-17(27)19-14-12(15(21)25-3)9(2)13(28-14)16(22)26-4/h5-7H,1-4H3,(H2,18,19,27). The van der Waals surface area contributed by atoms with Crippen molar-refractivity contribution in [2.75, 3.05) is 24.9 Å². The number of hydrogen-bond acceptors (Lipinski definition) is 8. The molecule has 0 spiro atoms. The van der Waals surface area contributed by atoms with Crippen molar-refractivity contribution in [2.45, 2.75) is 13.8 Å². The molecule has 9 nitrogen and oxygen atoms in total. The predicted molar refractivity (Wildman–Crippen MR) is 109 cm³/mol. The summed E-state index contributed by atoms with van der Waals surface area (Å²) in [6, 6.07) is 4.33. The van der Waals surface area contributed by atoms with E-state index in [2.05, 4.69) is 10.6 Å².